The Labute approximate surface area is 191 Å². The van der Waals surface area contributed by atoms with Crippen LogP contribution < -0.4 is 5.32 Å². The molecule has 1 fully saturated rings. The predicted molar refractivity (Wildman–Crippen MR) is 123 cm³/mol. The molecule has 1 saturated heterocycles. The molecule has 166 valence electrons. The van der Waals surface area contributed by atoms with Gasteiger partial charge in [0.25, 0.3) is 11.8 Å². The lowest BCUT2D eigenvalue weighted by Gasteiger charge is -2.24. The highest BCUT2D eigenvalue weighted by Crippen LogP contribution is 2.20. The molecule has 0 saturated carbocycles. The van der Waals surface area contributed by atoms with E-state index in [1.54, 1.807) is 29.3 Å². The summed E-state index contributed by atoms with van der Waals surface area (Å²) >= 11 is 5.90. The van der Waals surface area contributed by atoms with Crippen molar-refractivity contribution >= 4 is 34.3 Å². The Morgan fingerprint density at radius 2 is 1.97 bits per heavy atom. The number of H-pyrrole nitrogens is 1. The fraction of sp³-hybridized carbons (Fsp3) is 0.292. The number of aliphatic hydroxyl groups excluding tert-OH is 1. The lowest BCUT2D eigenvalue weighted by molar-refractivity contribution is -0.140. The van der Waals surface area contributed by atoms with Gasteiger partial charge in [0, 0.05) is 30.6 Å². The van der Waals surface area contributed by atoms with Crippen molar-refractivity contribution in [3.8, 4) is 0 Å². The van der Waals surface area contributed by atoms with E-state index < -0.39 is 12.0 Å². The molecule has 7 nitrogen and oxygen atoms in total. The molecule has 0 aliphatic carbocycles. The van der Waals surface area contributed by atoms with Crippen molar-refractivity contribution < 1.29 is 14.7 Å². The maximum atomic E-state index is 12.8. The smallest absolute Gasteiger partial charge is 0.271 e. The SMILES string of the molecule is O=C(N/C=C/C(Cc1ccccc1)[C@@H](O)C(=O)N1CCCC1)c1cc2cc(Cl)ncc2[nH]1. The summed E-state index contributed by atoms with van der Waals surface area (Å²) in [5.74, 6) is -1.08. The highest BCUT2D eigenvalue weighted by Gasteiger charge is 2.30. The third kappa shape index (κ3) is 5.18. The van der Waals surface area contributed by atoms with E-state index in [1.807, 2.05) is 30.3 Å². The Bertz CT molecular complexity index is 1120. The van der Waals surface area contributed by atoms with Crippen LogP contribution in [0.5, 0.6) is 0 Å². The number of fused-ring (bicyclic) bond motifs is 1. The normalized spacial score (nSPS) is 15.9. The van der Waals surface area contributed by atoms with Crippen LogP contribution in [0.15, 0.2) is 60.9 Å². The number of nitrogens with one attached hydrogen (secondary N) is 2. The number of aliphatic hydroxyl groups is 1. The van der Waals surface area contributed by atoms with Gasteiger partial charge < -0.3 is 20.3 Å². The van der Waals surface area contributed by atoms with Gasteiger partial charge >= 0.3 is 0 Å². The molecule has 0 radical (unpaired) electrons. The van der Waals surface area contributed by atoms with E-state index in [4.69, 9.17) is 11.6 Å². The molecule has 2 atom stereocenters. The molecule has 1 aliphatic heterocycles. The van der Waals surface area contributed by atoms with Crippen molar-refractivity contribution in [2.45, 2.75) is 25.4 Å². The zero-order chi connectivity index (χ0) is 22.5. The van der Waals surface area contributed by atoms with E-state index in [0.717, 1.165) is 23.8 Å². The standard InChI is InChI=1S/C24H25ClN4O3/c25-21-14-18-13-19(28-20(18)15-27-21)23(31)26-9-8-17(12-16-6-2-1-3-7-16)22(30)24(32)29-10-4-5-11-29/h1-3,6-9,13-15,17,22,28,30H,4-5,10-12H2,(H,26,31)/b9-8+/t17?,22-/m1/s1. The number of rotatable bonds is 7. The first kappa shape index (κ1) is 22.0. The monoisotopic (exact) mass is 452 g/mol. The molecule has 0 bridgehead atoms. The second kappa shape index (κ2) is 9.97. The van der Waals surface area contributed by atoms with Crippen LogP contribution in [0.2, 0.25) is 5.15 Å². The van der Waals surface area contributed by atoms with Gasteiger partial charge in [0.1, 0.15) is 17.0 Å². The number of carbonyl (C=O) groups is 2. The van der Waals surface area contributed by atoms with Crippen LogP contribution in [0.4, 0.5) is 0 Å². The molecular weight excluding hydrogens is 428 g/mol. The number of hydrogen-bond donors (Lipinski definition) is 3. The van der Waals surface area contributed by atoms with Gasteiger partial charge in [-0.15, -0.1) is 0 Å². The van der Waals surface area contributed by atoms with E-state index in [9.17, 15) is 14.7 Å². The molecule has 0 spiro atoms. The number of carbonyl (C=O) groups excluding carboxylic acids is 2. The number of aromatic nitrogens is 2. The molecule has 2 aromatic heterocycles. The lowest BCUT2D eigenvalue weighted by atomic mass is 9.93. The maximum absolute atomic E-state index is 12.8. The molecule has 32 heavy (non-hydrogen) atoms. The number of hydrogen-bond acceptors (Lipinski definition) is 4. The van der Waals surface area contributed by atoms with Crippen molar-refractivity contribution in [1.82, 2.24) is 20.2 Å². The van der Waals surface area contributed by atoms with Crippen molar-refractivity contribution in [3.05, 3.63) is 77.3 Å². The molecule has 3 aromatic rings. The average Bonchev–Trinajstić information content (AvgIpc) is 3.48. The molecule has 1 unspecified atom stereocenters. The highest BCUT2D eigenvalue weighted by molar-refractivity contribution is 6.30. The largest absolute Gasteiger partial charge is 0.383 e. The summed E-state index contributed by atoms with van der Waals surface area (Å²) in [5, 5.41) is 14.7. The number of likely N-dealkylation sites (tertiary alicyclic amines) is 1. The van der Waals surface area contributed by atoms with E-state index in [2.05, 4.69) is 15.3 Å². The van der Waals surface area contributed by atoms with Crippen molar-refractivity contribution in [2.24, 2.45) is 5.92 Å². The number of pyridine rings is 1. The lowest BCUT2D eigenvalue weighted by Crippen LogP contribution is -2.41. The summed E-state index contributed by atoms with van der Waals surface area (Å²) in [6, 6.07) is 13.0. The third-order valence-electron chi connectivity index (χ3n) is 5.66. The minimum Gasteiger partial charge on any atom is -0.383 e. The Morgan fingerprint density at radius 3 is 2.72 bits per heavy atom. The Hall–Kier alpha value is -3.16. The van der Waals surface area contributed by atoms with Gasteiger partial charge in [0.15, 0.2) is 0 Å². The zero-order valence-electron chi connectivity index (χ0n) is 17.5. The molecule has 4 rings (SSSR count). The quantitative estimate of drug-likeness (QED) is 0.479. The van der Waals surface area contributed by atoms with Gasteiger partial charge in [0.05, 0.1) is 11.7 Å². The number of benzene rings is 1. The zero-order valence-corrected chi connectivity index (χ0v) is 18.3. The summed E-state index contributed by atoms with van der Waals surface area (Å²) in [6.07, 6.45) is 5.96. The molecule has 3 N–H and O–H groups in total. The minimum absolute atomic E-state index is 0.264. The Kier molecular flexibility index (Phi) is 6.87. The van der Waals surface area contributed by atoms with Crippen LogP contribution in [0, 0.1) is 5.92 Å². The fourth-order valence-electron chi connectivity index (χ4n) is 3.93. The first-order valence-electron chi connectivity index (χ1n) is 10.6. The predicted octanol–water partition coefficient (Wildman–Crippen LogP) is 3.30. The second-order valence-corrected chi connectivity index (χ2v) is 8.33. The molecular formula is C24H25ClN4O3. The van der Waals surface area contributed by atoms with Gasteiger partial charge in [-0.05, 0) is 37.0 Å². The van der Waals surface area contributed by atoms with Gasteiger partial charge in [-0.25, -0.2) is 4.98 Å². The summed E-state index contributed by atoms with van der Waals surface area (Å²) in [6.45, 7) is 1.35. The molecule has 8 heteroatoms. The summed E-state index contributed by atoms with van der Waals surface area (Å²) in [5.41, 5.74) is 2.07. The van der Waals surface area contributed by atoms with E-state index in [0.29, 0.717) is 35.9 Å². The van der Waals surface area contributed by atoms with Gasteiger partial charge in [0.2, 0.25) is 0 Å². The van der Waals surface area contributed by atoms with E-state index in [-0.39, 0.29) is 11.8 Å². The Morgan fingerprint density at radius 1 is 1.22 bits per heavy atom. The van der Waals surface area contributed by atoms with Crippen molar-refractivity contribution in [1.29, 1.82) is 0 Å². The first-order valence-corrected chi connectivity index (χ1v) is 11.0. The average molecular weight is 453 g/mol. The topological polar surface area (TPSA) is 98.3 Å². The number of aromatic amines is 1. The van der Waals surface area contributed by atoms with Gasteiger partial charge in [-0.1, -0.05) is 48.0 Å². The van der Waals surface area contributed by atoms with Crippen LogP contribution in [-0.4, -0.2) is 51.0 Å². The molecule has 2 amide bonds. The fourth-order valence-corrected chi connectivity index (χ4v) is 4.10. The number of amides is 2. The third-order valence-corrected chi connectivity index (χ3v) is 5.87. The van der Waals surface area contributed by atoms with E-state index in [1.165, 1.54) is 6.20 Å². The molecule has 1 aliphatic rings. The second-order valence-electron chi connectivity index (χ2n) is 7.94. The summed E-state index contributed by atoms with van der Waals surface area (Å²) < 4.78 is 0. The first-order chi connectivity index (χ1) is 15.5. The van der Waals surface area contributed by atoms with Crippen LogP contribution >= 0.6 is 11.6 Å². The number of nitrogens with zero attached hydrogens (tertiary/aromatic N) is 2. The van der Waals surface area contributed by atoms with Crippen LogP contribution in [0.3, 0.4) is 0 Å². The highest BCUT2D eigenvalue weighted by atomic mass is 35.5. The van der Waals surface area contributed by atoms with Crippen LogP contribution in [0.25, 0.3) is 10.9 Å². The van der Waals surface area contributed by atoms with Crippen LogP contribution in [-0.2, 0) is 11.2 Å². The maximum Gasteiger partial charge on any atom is 0.271 e. The van der Waals surface area contributed by atoms with Gasteiger partial charge in [-0.2, -0.15) is 0 Å². The van der Waals surface area contributed by atoms with Gasteiger partial charge in [-0.3, -0.25) is 9.59 Å². The number of halogens is 1. The summed E-state index contributed by atoms with van der Waals surface area (Å²) in [7, 11) is 0. The minimum atomic E-state index is -1.18. The Balaban J connectivity index is 1.47. The summed E-state index contributed by atoms with van der Waals surface area (Å²) in [4.78, 5) is 34.0. The molecule has 1 aromatic carbocycles. The van der Waals surface area contributed by atoms with Crippen molar-refractivity contribution in [3.63, 3.8) is 0 Å². The van der Waals surface area contributed by atoms with Crippen molar-refractivity contribution in [2.75, 3.05) is 13.1 Å². The molecule has 3 heterocycles. The van der Waals surface area contributed by atoms with E-state index >= 15 is 0 Å². The van der Waals surface area contributed by atoms with Crippen LogP contribution in [0.1, 0.15) is 28.9 Å².